The Morgan fingerprint density at radius 3 is 1.93 bits per heavy atom. The van der Waals surface area contributed by atoms with Crippen LogP contribution >= 0.6 is 0 Å². The SMILES string of the molecule is CCCC(=O)NC1CC(CCC)(CCC)C[C](NC(=O)CCC)([Ti]([CH3])[CH3])C1. The molecule has 157 valence electrons. The van der Waals surface area contributed by atoms with Gasteiger partial charge in [0.2, 0.25) is 0 Å². The summed E-state index contributed by atoms with van der Waals surface area (Å²) in [7, 11) is 0. The van der Waals surface area contributed by atoms with Crippen molar-refractivity contribution in [3.05, 3.63) is 0 Å². The van der Waals surface area contributed by atoms with Crippen LogP contribution in [-0.4, -0.2) is 21.7 Å². The van der Waals surface area contributed by atoms with Crippen molar-refractivity contribution in [2.45, 2.75) is 119 Å². The summed E-state index contributed by atoms with van der Waals surface area (Å²) in [5.74, 6) is 0.377. The van der Waals surface area contributed by atoms with Crippen LogP contribution < -0.4 is 10.6 Å². The summed E-state index contributed by atoms with van der Waals surface area (Å²) in [5.41, 5.74) is 0.246. The topological polar surface area (TPSA) is 58.2 Å². The Morgan fingerprint density at radius 1 is 0.889 bits per heavy atom. The zero-order chi connectivity index (χ0) is 20.5. The van der Waals surface area contributed by atoms with Gasteiger partial charge in [0.25, 0.3) is 0 Å². The van der Waals surface area contributed by atoms with Gasteiger partial charge in [0.1, 0.15) is 0 Å². The molecule has 0 radical (unpaired) electrons. The van der Waals surface area contributed by atoms with Crippen molar-refractivity contribution in [1.29, 1.82) is 0 Å². The molecule has 2 amide bonds. The zero-order valence-electron chi connectivity index (χ0n) is 18.7. The van der Waals surface area contributed by atoms with E-state index in [-0.39, 0.29) is 27.1 Å². The van der Waals surface area contributed by atoms with E-state index in [1.807, 2.05) is 0 Å². The van der Waals surface area contributed by atoms with Gasteiger partial charge < -0.3 is 0 Å². The fourth-order valence-electron chi connectivity index (χ4n) is 5.15. The first-order valence-corrected chi connectivity index (χ1v) is 15.1. The summed E-state index contributed by atoms with van der Waals surface area (Å²) in [5, 5.41) is 11.7. The Morgan fingerprint density at radius 2 is 1.44 bits per heavy atom. The minimum atomic E-state index is -1.49. The third kappa shape index (κ3) is 7.20. The quantitative estimate of drug-likeness (QED) is 0.446. The standard InChI is InChI=1S/C20H37N2O2.2CH3.Ti/c1-5-9-18(23)21-16-13-17(22-19(24)10-6-2)15-20(14-16,11-7-3)12-8-4;;;/h16H,5-15H2,1-4H3,(H,21,23)(H,22,24);2*1H3;. The summed E-state index contributed by atoms with van der Waals surface area (Å²) >= 11 is -1.49. The Bertz CT molecular complexity index is 475. The van der Waals surface area contributed by atoms with Gasteiger partial charge in [0, 0.05) is 0 Å². The maximum absolute atomic E-state index is 12.6. The summed E-state index contributed by atoms with van der Waals surface area (Å²) < 4.78 is -0.0565. The Labute approximate surface area is 173 Å². The predicted molar refractivity (Wildman–Crippen MR) is 110 cm³/mol. The second kappa shape index (κ2) is 11.6. The van der Waals surface area contributed by atoms with Crippen molar-refractivity contribution in [2.24, 2.45) is 5.41 Å². The Hall–Kier alpha value is -0.346. The number of amides is 2. The van der Waals surface area contributed by atoms with Crippen LogP contribution in [0.2, 0.25) is 10.5 Å². The molecular formula is C22H43N2O2Ti. The van der Waals surface area contributed by atoms with Gasteiger partial charge in [-0.05, 0) is 0 Å². The molecule has 1 rings (SSSR count). The molecule has 4 nitrogen and oxygen atoms in total. The molecule has 1 saturated carbocycles. The number of carbonyl (C=O) groups excluding carboxylic acids is 2. The Kier molecular flexibility index (Phi) is 10.6. The molecule has 0 bridgehead atoms. The van der Waals surface area contributed by atoms with E-state index in [0.29, 0.717) is 12.8 Å². The fraction of sp³-hybridized carbons (Fsp3) is 0.909. The zero-order valence-corrected chi connectivity index (χ0v) is 20.2. The molecule has 0 aromatic heterocycles. The molecule has 1 fully saturated rings. The second-order valence-corrected chi connectivity index (χ2v) is 13.6. The van der Waals surface area contributed by atoms with Crippen molar-refractivity contribution in [1.82, 2.24) is 10.6 Å². The molecule has 2 atom stereocenters. The van der Waals surface area contributed by atoms with Crippen LogP contribution in [0.3, 0.4) is 0 Å². The second-order valence-electron chi connectivity index (χ2n) is 8.98. The van der Waals surface area contributed by atoms with Crippen molar-refractivity contribution >= 4 is 11.8 Å². The molecule has 2 N–H and O–H groups in total. The first-order chi connectivity index (χ1) is 12.8. The van der Waals surface area contributed by atoms with Gasteiger partial charge in [-0.1, -0.05) is 0 Å². The molecule has 0 heterocycles. The van der Waals surface area contributed by atoms with Crippen LogP contribution in [0.5, 0.6) is 0 Å². The van der Waals surface area contributed by atoms with Crippen LogP contribution in [0.4, 0.5) is 0 Å². The molecule has 0 spiro atoms. The predicted octanol–water partition coefficient (Wildman–Crippen LogP) is 5.37. The number of carbonyl (C=O) groups is 2. The van der Waals surface area contributed by atoms with E-state index in [1.165, 1.54) is 12.8 Å². The third-order valence-electron chi connectivity index (χ3n) is 6.17. The van der Waals surface area contributed by atoms with Gasteiger partial charge in [-0.3, -0.25) is 0 Å². The van der Waals surface area contributed by atoms with Crippen LogP contribution in [0.15, 0.2) is 0 Å². The molecule has 27 heavy (non-hydrogen) atoms. The van der Waals surface area contributed by atoms with Crippen molar-refractivity contribution in [3.63, 3.8) is 0 Å². The van der Waals surface area contributed by atoms with E-state index in [9.17, 15) is 9.59 Å². The monoisotopic (exact) mass is 415 g/mol. The number of rotatable bonds is 11. The van der Waals surface area contributed by atoms with Crippen LogP contribution in [-0.2, 0) is 27.5 Å². The third-order valence-corrected chi connectivity index (χ3v) is 9.95. The van der Waals surface area contributed by atoms with Crippen LogP contribution in [0.25, 0.3) is 0 Å². The van der Waals surface area contributed by atoms with Gasteiger partial charge in [-0.15, -0.1) is 0 Å². The maximum atomic E-state index is 12.6. The average molecular weight is 415 g/mol. The van der Waals surface area contributed by atoms with E-state index in [1.54, 1.807) is 0 Å². The molecular weight excluding hydrogens is 372 g/mol. The molecule has 2 unspecified atom stereocenters. The van der Waals surface area contributed by atoms with Crippen molar-refractivity contribution in [3.8, 4) is 0 Å². The molecule has 0 aromatic rings. The molecule has 0 saturated heterocycles. The summed E-state index contributed by atoms with van der Waals surface area (Å²) in [4.78, 5) is 25.0. The molecule has 0 aliphatic heterocycles. The number of hydrogen-bond donors (Lipinski definition) is 2. The molecule has 5 heteroatoms. The number of nitrogens with one attached hydrogen (secondary N) is 2. The van der Waals surface area contributed by atoms with Crippen LogP contribution in [0, 0.1) is 5.41 Å². The van der Waals surface area contributed by atoms with Gasteiger partial charge >= 0.3 is 174 Å². The molecule has 0 aromatic carbocycles. The summed E-state index contributed by atoms with van der Waals surface area (Å²) in [6, 6.07) is 0.195. The average Bonchev–Trinajstić information content (AvgIpc) is 2.55. The van der Waals surface area contributed by atoms with E-state index in [2.05, 4.69) is 48.8 Å². The van der Waals surface area contributed by atoms with Gasteiger partial charge in [0.15, 0.2) is 0 Å². The van der Waals surface area contributed by atoms with Gasteiger partial charge in [-0.25, -0.2) is 0 Å². The van der Waals surface area contributed by atoms with Crippen molar-refractivity contribution in [2.75, 3.05) is 0 Å². The normalized spacial score (nSPS) is 24.3. The number of hydrogen-bond acceptors (Lipinski definition) is 2. The van der Waals surface area contributed by atoms with E-state index >= 15 is 0 Å². The first kappa shape index (κ1) is 24.7. The molecule has 1 aliphatic carbocycles. The Balaban J connectivity index is 3.20. The van der Waals surface area contributed by atoms with Gasteiger partial charge in [-0.2, -0.15) is 0 Å². The van der Waals surface area contributed by atoms with E-state index in [0.717, 1.165) is 44.9 Å². The van der Waals surface area contributed by atoms with Crippen molar-refractivity contribution < 1.29 is 27.5 Å². The van der Waals surface area contributed by atoms with E-state index in [4.69, 9.17) is 0 Å². The fourth-order valence-corrected chi connectivity index (χ4v) is 7.92. The molecule has 1 aliphatic rings. The van der Waals surface area contributed by atoms with Gasteiger partial charge in [0.05, 0.1) is 0 Å². The minimum absolute atomic E-state index is 0.0565. The van der Waals surface area contributed by atoms with E-state index < -0.39 is 17.9 Å². The summed E-state index contributed by atoms with van der Waals surface area (Å²) in [6.07, 6.45) is 10.8. The summed E-state index contributed by atoms with van der Waals surface area (Å²) in [6.45, 7) is 8.65. The van der Waals surface area contributed by atoms with Crippen LogP contribution in [0.1, 0.15) is 98.3 Å². The first-order valence-electron chi connectivity index (χ1n) is 11.2.